The van der Waals surface area contributed by atoms with Crippen LogP contribution in [-0.4, -0.2) is 26.4 Å². The minimum Gasteiger partial charge on any atom is -0.481 e. The zero-order valence-corrected chi connectivity index (χ0v) is 12.2. The molecule has 100 valence electrons. The monoisotopic (exact) mass is 344 g/mol. The van der Waals surface area contributed by atoms with Gasteiger partial charge in [0.25, 0.3) is 0 Å². The van der Waals surface area contributed by atoms with Gasteiger partial charge in [0, 0.05) is 4.48 Å². The van der Waals surface area contributed by atoms with E-state index in [4.69, 9.17) is 5.11 Å². The predicted molar refractivity (Wildman–Crippen MR) is 76.1 cm³/mol. The molecule has 1 heterocycles. The van der Waals surface area contributed by atoms with Gasteiger partial charge in [-0.05, 0) is 18.2 Å². The highest BCUT2D eigenvalue weighted by molar-refractivity contribution is 9.11. The zero-order valence-electron chi connectivity index (χ0n) is 9.77. The number of fused-ring (bicyclic) bond motifs is 1. The molecule has 0 radical (unpaired) electrons. The first kappa shape index (κ1) is 14.1. The summed E-state index contributed by atoms with van der Waals surface area (Å²) in [4.78, 5) is 14.9. The van der Waals surface area contributed by atoms with Crippen molar-refractivity contribution >= 4 is 44.7 Å². The standard InChI is InChI=1S/C12H10BrFN2O2S/c1-7(13)5-16-10-4-8(14)2-3-9(10)15-12(16)19-6-11(17)18/h2-4H,1,5-6H2,(H,17,18). The first-order chi connectivity index (χ1) is 8.97. The number of benzene rings is 1. The number of imidazole rings is 1. The minimum atomic E-state index is -0.924. The van der Waals surface area contributed by atoms with E-state index in [1.54, 1.807) is 10.6 Å². The first-order valence-electron chi connectivity index (χ1n) is 5.31. The number of halogens is 2. The highest BCUT2D eigenvalue weighted by Gasteiger charge is 2.13. The topological polar surface area (TPSA) is 55.1 Å². The zero-order chi connectivity index (χ0) is 14.0. The largest absolute Gasteiger partial charge is 0.481 e. The number of carboxylic acid groups (broad SMARTS) is 1. The maximum Gasteiger partial charge on any atom is 0.313 e. The SMILES string of the molecule is C=C(Br)Cn1c(SCC(=O)O)nc2ccc(F)cc21. The lowest BCUT2D eigenvalue weighted by atomic mass is 10.3. The van der Waals surface area contributed by atoms with E-state index >= 15 is 0 Å². The van der Waals surface area contributed by atoms with Crippen LogP contribution < -0.4 is 0 Å². The molecule has 0 aliphatic carbocycles. The molecule has 0 saturated carbocycles. The van der Waals surface area contributed by atoms with Crippen LogP contribution in [0, 0.1) is 5.82 Å². The molecule has 1 N–H and O–H groups in total. The Labute approximate surface area is 121 Å². The summed E-state index contributed by atoms with van der Waals surface area (Å²) in [6.07, 6.45) is 0. The molecule has 0 atom stereocenters. The van der Waals surface area contributed by atoms with E-state index in [-0.39, 0.29) is 11.6 Å². The first-order valence-corrected chi connectivity index (χ1v) is 7.09. The van der Waals surface area contributed by atoms with Crippen LogP contribution in [0.1, 0.15) is 0 Å². The van der Waals surface area contributed by atoms with E-state index in [1.807, 2.05) is 0 Å². The summed E-state index contributed by atoms with van der Waals surface area (Å²) in [6.45, 7) is 4.15. The Morgan fingerprint density at radius 3 is 2.95 bits per heavy atom. The number of rotatable bonds is 5. The Morgan fingerprint density at radius 1 is 1.58 bits per heavy atom. The molecule has 7 heteroatoms. The van der Waals surface area contributed by atoms with Crippen molar-refractivity contribution in [3.05, 3.63) is 35.1 Å². The molecule has 0 amide bonds. The van der Waals surface area contributed by atoms with Crippen molar-refractivity contribution in [1.82, 2.24) is 9.55 Å². The molecule has 19 heavy (non-hydrogen) atoms. The normalized spacial score (nSPS) is 10.8. The molecular formula is C12H10BrFN2O2S. The number of aromatic nitrogens is 2. The van der Waals surface area contributed by atoms with E-state index in [0.717, 1.165) is 11.8 Å². The molecular weight excluding hydrogens is 335 g/mol. The van der Waals surface area contributed by atoms with Crippen LogP contribution in [-0.2, 0) is 11.3 Å². The highest BCUT2D eigenvalue weighted by Crippen LogP contribution is 2.26. The van der Waals surface area contributed by atoms with Gasteiger partial charge >= 0.3 is 5.97 Å². The maximum atomic E-state index is 13.3. The Morgan fingerprint density at radius 2 is 2.32 bits per heavy atom. The van der Waals surface area contributed by atoms with Gasteiger partial charge in [0.05, 0.1) is 23.3 Å². The van der Waals surface area contributed by atoms with Crippen molar-refractivity contribution in [2.45, 2.75) is 11.7 Å². The molecule has 2 aromatic rings. The molecule has 0 aliphatic rings. The van der Waals surface area contributed by atoms with Gasteiger partial charge in [-0.25, -0.2) is 9.37 Å². The summed E-state index contributed by atoms with van der Waals surface area (Å²) in [7, 11) is 0. The van der Waals surface area contributed by atoms with E-state index in [0.29, 0.717) is 27.2 Å². The maximum absolute atomic E-state index is 13.3. The summed E-state index contributed by atoms with van der Waals surface area (Å²) < 4.78 is 15.7. The summed E-state index contributed by atoms with van der Waals surface area (Å²) in [5.41, 5.74) is 1.25. The van der Waals surface area contributed by atoms with E-state index in [2.05, 4.69) is 27.5 Å². The Hall–Kier alpha value is -1.34. The molecule has 0 unspecified atom stereocenters. The molecule has 0 aliphatic heterocycles. The van der Waals surface area contributed by atoms with Crippen LogP contribution in [0.15, 0.2) is 34.4 Å². The Kier molecular flexibility index (Phi) is 4.26. The van der Waals surface area contributed by atoms with Crippen molar-refractivity contribution in [3.63, 3.8) is 0 Å². The molecule has 0 bridgehead atoms. The number of carboxylic acids is 1. The fraction of sp³-hybridized carbons (Fsp3) is 0.167. The van der Waals surface area contributed by atoms with Gasteiger partial charge in [-0.1, -0.05) is 34.3 Å². The number of aliphatic carboxylic acids is 1. The summed E-state index contributed by atoms with van der Waals surface area (Å²) >= 11 is 4.35. The fourth-order valence-electron chi connectivity index (χ4n) is 1.63. The average molecular weight is 345 g/mol. The van der Waals surface area contributed by atoms with Crippen LogP contribution in [0.4, 0.5) is 4.39 Å². The number of hydrogen-bond acceptors (Lipinski definition) is 3. The molecule has 2 rings (SSSR count). The number of carbonyl (C=O) groups is 1. The molecule has 0 fully saturated rings. The molecule has 1 aromatic carbocycles. The summed E-state index contributed by atoms with van der Waals surface area (Å²) in [5.74, 6) is -1.38. The lowest BCUT2D eigenvalue weighted by Crippen LogP contribution is -2.03. The van der Waals surface area contributed by atoms with Crippen molar-refractivity contribution in [2.24, 2.45) is 0 Å². The second-order valence-corrected chi connectivity index (χ2v) is 5.88. The van der Waals surface area contributed by atoms with Gasteiger partial charge in [0.2, 0.25) is 0 Å². The number of allylic oxidation sites excluding steroid dienone is 1. The second kappa shape index (κ2) is 5.75. The van der Waals surface area contributed by atoms with Crippen LogP contribution in [0.2, 0.25) is 0 Å². The van der Waals surface area contributed by atoms with Crippen molar-refractivity contribution in [3.8, 4) is 0 Å². The number of nitrogens with zero attached hydrogens (tertiary/aromatic N) is 2. The molecule has 0 saturated heterocycles. The summed E-state index contributed by atoms with van der Waals surface area (Å²) in [5, 5.41) is 9.25. The second-order valence-electron chi connectivity index (χ2n) is 3.81. The van der Waals surface area contributed by atoms with E-state index in [9.17, 15) is 9.18 Å². The van der Waals surface area contributed by atoms with Crippen LogP contribution in [0.25, 0.3) is 11.0 Å². The van der Waals surface area contributed by atoms with Crippen molar-refractivity contribution < 1.29 is 14.3 Å². The van der Waals surface area contributed by atoms with Gasteiger partial charge in [-0.15, -0.1) is 0 Å². The van der Waals surface area contributed by atoms with Gasteiger partial charge in [-0.3, -0.25) is 4.79 Å². The molecule has 0 spiro atoms. The third kappa shape index (κ3) is 3.36. The minimum absolute atomic E-state index is 0.0967. The van der Waals surface area contributed by atoms with Crippen LogP contribution in [0.5, 0.6) is 0 Å². The molecule has 1 aromatic heterocycles. The van der Waals surface area contributed by atoms with Gasteiger partial charge in [0.15, 0.2) is 5.16 Å². The van der Waals surface area contributed by atoms with Gasteiger partial charge < -0.3 is 9.67 Å². The quantitative estimate of drug-likeness (QED) is 0.846. The average Bonchev–Trinajstić information content (AvgIpc) is 2.64. The van der Waals surface area contributed by atoms with E-state index in [1.165, 1.54) is 12.1 Å². The third-order valence-corrected chi connectivity index (χ3v) is 3.54. The van der Waals surface area contributed by atoms with Crippen LogP contribution in [0.3, 0.4) is 0 Å². The predicted octanol–water partition coefficient (Wildman–Crippen LogP) is 3.26. The lowest BCUT2D eigenvalue weighted by Gasteiger charge is -2.06. The lowest BCUT2D eigenvalue weighted by molar-refractivity contribution is -0.133. The van der Waals surface area contributed by atoms with Gasteiger partial charge in [0.1, 0.15) is 5.82 Å². The van der Waals surface area contributed by atoms with Crippen molar-refractivity contribution in [2.75, 3.05) is 5.75 Å². The van der Waals surface area contributed by atoms with Crippen molar-refractivity contribution in [1.29, 1.82) is 0 Å². The van der Waals surface area contributed by atoms with E-state index < -0.39 is 5.97 Å². The Balaban J connectivity index is 2.48. The number of hydrogen-bond donors (Lipinski definition) is 1. The fourth-order valence-corrected chi connectivity index (χ4v) is 2.62. The molecule has 4 nitrogen and oxygen atoms in total. The number of thioether (sulfide) groups is 1. The summed E-state index contributed by atoms with van der Waals surface area (Å²) in [6, 6.07) is 4.28. The smallest absolute Gasteiger partial charge is 0.313 e. The Bertz CT molecular complexity index is 656. The third-order valence-electron chi connectivity index (χ3n) is 2.33. The highest BCUT2D eigenvalue weighted by atomic mass is 79.9. The van der Waals surface area contributed by atoms with Crippen LogP contribution >= 0.6 is 27.7 Å². The van der Waals surface area contributed by atoms with Gasteiger partial charge in [-0.2, -0.15) is 0 Å².